The predicted octanol–water partition coefficient (Wildman–Crippen LogP) is 0.832. The molecule has 2 fully saturated rings. The van der Waals surface area contributed by atoms with Crippen molar-refractivity contribution < 1.29 is 14.3 Å². The zero-order chi connectivity index (χ0) is 8.77. The molecule has 0 N–H and O–H groups in total. The molecular formula is C9H14O3. The van der Waals surface area contributed by atoms with Gasteiger partial charge in [0, 0.05) is 11.3 Å². The summed E-state index contributed by atoms with van der Waals surface area (Å²) in [4.78, 5) is 11.3. The van der Waals surface area contributed by atoms with E-state index in [1.165, 1.54) is 0 Å². The average molecular weight is 170 g/mol. The van der Waals surface area contributed by atoms with E-state index in [4.69, 9.17) is 9.47 Å². The van der Waals surface area contributed by atoms with Crippen LogP contribution in [0.1, 0.15) is 13.8 Å². The highest BCUT2D eigenvalue weighted by molar-refractivity contribution is 5.78. The molecular weight excluding hydrogens is 156 g/mol. The summed E-state index contributed by atoms with van der Waals surface area (Å²) in [5, 5.41) is 0. The lowest BCUT2D eigenvalue weighted by Crippen LogP contribution is -2.16. The summed E-state index contributed by atoms with van der Waals surface area (Å²) in [5.74, 6) is 0.510. The first kappa shape index (κ1) is 8.05. The molecule has 0 amide bonds. The minimum Gasteiger partial charge on any atom is -0.466 e. The molecule has 0 aromatic heterocycles. The Labute approximate surface area is 72.0 Å². The van der Waals surface area contributed by atoms with Crippen LogP contribution in [0.15, 0.2) is 0 Å². The van der Waals surface area contributed by atoms with Crippen LogP contribution in [0, 0.1) is 17.3 Å². The monoisotopic (exact) mass is 170 g/mol. The van der Waals surface area contributed by atoms with Crippen LogP contribution < -0.4 is 0 Å². The lowest BCUT2D eigenvalue weighted by atomic mass is 10.1. The third-order valence-corrected chi connectivity index (χ3v) is 3.10. The molecule has 68 valence electrons. The molecule has 0 radical (unpaired) electrons. The number of hydrogen-bond donors (Lipinski definition) is 0. The van der Waals surface area contributed by atoms with Gasteiger partial charge in [0.05, 0.1) is 25.7 Å². The first-order chi connectivity index (χ1) is 5.70. The fourth-order valence-corrected chi connectivity index (χ4v) is 2.22. The van der Waals surface area contributed by atoms with Gasteiger partial charge in [-0.2, -0.15) is 0 Å². The van der Waals surface area contributed by atoms with Crippen LogP contribution in [0.4, 0.5) is 0 Å². The smallest absolute Gasteiger partial charge is 0.309 e. The number of hydrogen-bond acceptors (Lipinski definition) is 3. The number of carbonyl (C=O) groups is 1. The third kappa shape index (κ3) is 0.891. The van der Waals surface area contributed by atoms with Gasteiger partial charge >= 0.3 is 5.97 Å². The third-order valence-electron chi connectivity index (χ3n) is 3.10. The summed E-state index contributed by atoms with van der Waals surface area (Å²) < 4.78 is 10.2. The first-order valence-corrected chi connectivity index (χ1v) is 4.44. The van der Waals surface area contributed by atoms with Gasteiger partial charge in [0.1, 0.15) is 0 Å². The molecule has 1 saturated heterocycles. The molecule has 2 aliphatic rings. The van der Waals surface area contributed by atoms with Crippen LogP contribution in [0.25, 0.3) is 0 Å². The fraction of sp³-hybridized carbons (Fsp3) is 0.889. The van der Waals surface area contributed by atoms with E-state index in [0.29, 0.717) is 12.5 Å². The first-order valence-electron chi connectivity index (χ1n) is 4.44. The SMILES string of the molecule is CCOC(=O)[C@H]1[C@@H]2COCC21C. The van der Waals surface area contributed by atoms with Gasteiger partial charge in [-0.3, -0.25) is 4.79 Å². The fourth-order valence-electron chi connectivity index (χ4n) is 2.22. The second-order valence-electron chi connectivity index (χ2n) is 3.86. The largest absolute Gasteiger partial charge is 0.466 e. The number of ether oxygens (including phenoxy) is 2. The van der Waals surface area contributed by atoms with Gasteiger partial charge in [0.2, 0.25) is 0 Å². The molecule has 1 aliphatic carbocycles. The van der Waals surface area contributed by atoms with Crippen LogP contribution in [-0.2, 0) is 14.3 Å². The Morgan fingerprint density at radius 2 is 2.50 bits per heavy atom. The lowest BCUT2D eigenvalue weighted by Gasteiger charge is -2.07. The van der Waals surface area contributed by atoms with E-state index in [1.807, 2.05) is 6.92 Å². The number of esters is 1. The quantitative estimate of drug-likeness (QED) is 0.576. The van der Waals surface area contributed by atoms with Gasteiger partial charge in [-0.1, -0.05) is 6.92 Å². The van der Waals surface area contributed by atoms with Crippen molar-refractivity contribution in [3.8, 4) is 0 Å². The molecule has 0 aromatic rings. The second kappa shape index (κ2) is 2.46. The van der Waals surface area contributed by atoms with Crippen LogP contribution in [-0.4, -0.2) is 25.8 Å². The van der Waals surface area contributed by atoms with E-state index >= 15 is 0 Å². The van der Waals surface area contributed by atoms with Crippen LogP contribution in [0.2, 0.25) is 0 Å². The van der Waals surface area contributed by atoms with Crippen molar-refractivity contribution in [1.29, 1.82) is 0 Å². The van der Waals surface area contributed by atoms with E-state index in [0.717, 1.165) is 13.2 Å². The minimum absolute atomic E-state index is 0.0340. The zero-order valence-electron chi connectivity index (χ0n) is 7.50. The zero-order valence-corrected chi connectivity index (χ0v) is 7.50. The molecule has 1 heterocycles. The standard InChI is InChI=1S/C9H14O3/c1-3-12-8(10)7-6-4-11-5-9(6,7)2/h6-7H,3-5H2,1-2H3/t6-,7+,9?/m0/s1. The molecule has 3 nitrogen and oxygen atoms in total. The Hall–Kier alpha value is -0.570. The Balaban J connectivity index is 1.97. The van der Waals surface area contributed by atoms with E-state index in [-0.39, 0.29) is 17.3 Å². The van der Waals surface area contributed by atoms with E-state index in [2.05, 4.69) is 6.92 Å². The Bertz CT molecular complexity index is 214. The number of fused-ring (bicyclic) bond motifs is 1. The molecule has 1 aliphatic heterocycles. The number of rotatable bonds is 2. The van der Waals surface area contributed by atoms with Crippen LogP contribution in [0.3, 0.4) is 0 Å². The van der Waals surface area contributed by atoms with Gasteiger partial charge in [0.25, 0.3) is 0 Å². The summed E-state index contributed by atoms with van der Waals surface area (Å²) >= 11 is 0. The summed E-state index contributed by atoms with van der Waals surface area (Å²) in [6.45, 7) is 5.89. The van der Waals surface area contributed by atoms with E-state index in [1.54, 1.807) is 0 Å². The Morgan fingerprint density at radius 1 is 1.75 bits per heavy atom. The molecule has 3 heteroatoms. The van der Waals surface area contributed by atoms with Gasteiger partial charge in [-0.15, -0.1) is 0 Å². The van der Waals surface area contributed by atoms with Crippen molar-refractivity contribution in [1.82, 2.24) is 0 Å². The normalized spacial score (nSPS) is 43.8. The Kier molecular flexibility index (Phi) is 1.65. The highest BCUT2D eigenvalue weighted by atomic mass is 16.5. The molecule has 3 atom stereocenters. The van der Waals surface area contributed by atoms with Crippen molar-refractivity contribution in [2.75, 3.05) is 19.8 Å². The topological polar surface area (TPSA) is 35.5 Å². The van der Waals surface area contributed by atoms with Gasteiger partial charge < -0.3 is 9.47 Å². The highest BCUT2D eigenvalue weighted by Crippen LogP contribution is 2.62. The van der Waals surface area contributed by atoms with Crippen LogP contribution >= 0.6 is 0 Å². The van der Waals surface area contributed by atoms with Crippen molar-refractivity contribution in [2.45, 2.75) is 13.8 Å². The summed E-state index contributed by atoms with van der Waals surface area (Å²) in [5.41, 5.74) is 0.103. The van der Waals surface area contributed by atoms with Crippen molar-refractivity contribution >= 4 is 5.97 Å². The maximum absolute atomic E-state index is 11.3. The summed E-state index contributed by atoms with van der Waals surface area (Å²) in [7, 11) is 0. The van der Waals surface area contributed by atoms with Crippen LogP contribution in [0.5, 0.6) is 0 Å². The highest BCUT2D eigenvalue weighted by Gasteiger charge is 2.68. The Morgan fingerprint density at radius 3 is 3.00 bits per heavy atom. The molecule has 2 rings (SSSR count). The molecule has 12 heavy (non-hydrogen) atoms. The van der Waals surface area contributed by atoms with Crippen molar-refractivity contribution in [2.24, 2.45) is 17.3 Å². The maximum atomic E-state index is 11.3. The van der Waals surface area contributed by atoms with Gasteiger partial charge in [-0.25, -0.2) is 0 Å². The lowest BCUT2D eigenvalue weighted by molar-refractivity contribution is -0.146. The minimum atomic E-state index is -0.0340. The maximum Gasteiger partial charge on any atom is 0.309 e. The van der Waals surface area contributed by atoms with Gasteiger partial charge in [0.15, 0.2) is 0 Å². The van der Waals surface area contributed by atoms with Gasteiger partial charge in [-0.05, 0) is 6.92 Å². The molecule has 0 bridgehead atoms. The summed E-state index contributed by atoms with van der Waals surface area (Å²) in [6, 6.07) is 0. The van der Waals surface area contributed by atoms with E-state index < -0.39 is 0 Å². The second-order valence-corrected chi connectivity index (χ2v) is 3.86. The average Bonchev–Trinajstić information content (AvgIpc) is 2.40. The molecule has 0 aromatic carbocycles. The molecule has 1 saturated carbocycles. The molecule has 1 unspecified atom stereocenters. The summed E-state index contributed by atoms with van der Waals surface area (Å²) in [6.07, 6.45) is 0. The number of carbonyl (C=O) groups excluding carboxylic acids is 1. The van der Waals surface area contributed by atoms with Crippen molar-refractivity contribution in [3.05, 3.63) is 0 Å². The van der Waals surface area contributed by atoms with Crippen molar-refractivity contribution in [3.63, 3.8) is 0 Å². The predicted molar refractivity (Wildman–Crippen MR) is 42.5 cm³/mol. The molecule has 0 spiro atoms. The van der Waals surface area contributed by atoms with E-state index in [9.17, 15) is 4.79 Å².